The number of nitrogens with one attached hydrogen (secondary N) is 1. The van der Waals surface area contributed by atoms with Gasteiger partial charge in [-0.15, -0.1) is 0 Å². The minimum atomic E-state index is -0.760. The number of hydrogen-bond donors (Lipinski definition) is 1. The molecule has 0 heterocycles. The first-order chi connectivity index (χ1) is 8.99. The van der Waals surface area contributed by atoms with Crippen LogP contribution in [-0.2, 0) is 0 Å². The molecule has 1 N–H and O–H groups in total. The van der Waals surface area contributed by atoms with E-state index in [1.165, 1.54) is 13.0 Å². The summed E-state index contributed by atoms with van der Waals surface area (Å²) in [6.45, 7) is 1.29. The first-order valence-electron chi connectivity index (χ1n) is 5.31. The van der Waals surface area contributed by atoms with Gasteiger partial charge < -0.3 is 4.72 Å². The molecule has 1 nitrogen and oxygen atoms in total. The van der Waals surface area contributed by atoms with Crippen molar-refractivity contribution in [2.75, 3.05) is 4.72 Å². The van der Waals surface area contributed by atoms with Crippen LogP contribution in [0.25, 0.3) is 0 Å². The molecule has 0 bridgehead atoms. The molecule has 0 saturated carbocycles. The van der Waals surface area contributed by atoms with Crippen LogP contribution in [0.2, 0.25) is 0 Å². The van der Waals surface area contributed by atoms with Gasteiger partial charge in [0.2, 0.25) is 0 Å². The lowest BCUT2D eigenvalue weighted by Crippen LogP contribution is -1.97. The highest BCUT2D eigenvalue weighted by molar-refractivity contribution is 8.00. The summed E-state index contributed by atoms with van der Waals surface area (Å²) in [6, 6.07) is 5.25. The maximum atomic E-state index is 13.7. The normalized spacial score (nSPS) is 10.6. The molecule has 0 saturated heterocycles. The molecule has 2 aromatic carbocycles. The number of benzene rings is 2. The lowest BCUT2D eigenvalue weighted by Gasteiger charge is -2.09. The summed E-state index contributed by atoms with van der Waals surface area (Å²) in [7, 11) is 0. The number of rotatable bonds is 3. The number of hydrogen-bond acceptors (Lipinski definition) is 2. The molecule has 19 heavy (non-hydrogen) atoms. The molecule has 0 aliphatic carbocycles. The van der Waals surface area contributed by atoms with E-state index in [2.05, 4.69) is 4.72 Å². The SMILES string of the molecule is Cc1c(F)ccc(NSc2cc(F)ccc2F)c1F. The zero-order valence-corrected chi connectivity index (χ0v) is 10.6. The second-order valence-electron chi connectivity index (χ2n) is 3.81. The van der Waals surface area contributed by atoms with Crippen molar-refractivity contribution in [2.45, 2.75) is 11.8 Å². The highest BCUT2D eigenvalue weighted by atomic mass is 32.2. The molecule has 0 spiro atoms. The third kappa shape index (κ3) is 3.01. The van der Waals surface area contributed by atoms with E-state index < -0.39 is 23.3 Å². The van der Waals surface area contributed by atoms with Crippen molar-refractivity contribution in [1.29, 1.82) is 0 Å². The Labute approximate surface area is 111 Å². The van der Waals surface area contributed by atoms with Crippen molar-refractivity contribution >= 4 is 17.6 Å². The fourth-order valence-corrected chi connectivity index (χ4v) is 2.12. The Morgan fingerprint density at radius 2 is 1.63 bits per heavy atom. The van der Waals surface area contributed by atoms with Gasteiger partial charge in [-0.05, 0) is 49.2 Å². The molecule has 0 aromatic heterocycles. The first-order valence-corrected chi connectivity index (χ1v) is 6.13. The Morgan fingerprint density at radius 1 is 0.947 bits per heavy atom. The minimum Gasteiger partial charge on any atom is -0.323 e. The molecule has 6 heteroatoms. The van der Waals surface area contributed by atoms with E-state index >= 15 is 0 Å². The summed E-state index contributed by atoms with van der Waals surface area (Å²) in [6.07, 6.45) is 0. The summed E-state index contributed by atoms with van der Waals surface area (Å²) >= 11 is 0.716. The molecular weight excluding hydrogens is 278 g/mol. The maximum absolute atomic E-state index is 13.7. The van der Waals surface area contributed by atoms with Crippen LogP contribution in [0.3, 0.4) is 0 Å². The number of halogens is 4. The molecule has 0 aliphatic rings. The van der Waals surface area contributed by atoms with Gasteiger partial charge in [-0.3, -0.25) is 0 Å². The first kappa shape index (κ1) is 13.7. The van der Waals surface area contributed by atoms with Crippen molar-refractivity contribution in [3.8, 4) is 0 Å². The lowest BCUT2D eigenvalue weighted by molar-refractivity contribution is 0.571. The van der Waals surface area contributed by atoms with Crippen LogP contribution < -0.4 is 4.72 Å². The molecule has 0 fully saturated rings. The van der Waals surface area contributed by atoms with Gasteiger partial charge in [-0.1, -0.05) is 0 Å². The van der Waals surface area contributed by atoms with Crippen LogP contribution >= 0.6 is 11.9 Å². The van der Waals surface area contributed by atoms with E-state index in [1.807, 2.05) is 0 Å². The average Bonchev–Trinajstić information content (AvgIpc) is 2.39. The quantitative estimate of drug-likeness (QED) is 0.650. The van der Waals surface area contributed by atoms with E-state index in [9.17, 15) is 17.6 Å². The topological polar surface area (TPSA) is 12.0 Å². The van der Waals surface area contributed by atoms with Gasteiger partial charge in [0.15, 0.2) is 5.82 Å². The monoisotopic (exact) mass is 287 g/mol. The van der Waals surface area contributed by atoms with Crippen LogP contribution in [0.4, 0.5) is 23.2 Å². The van der Waals surface area contributed by atoms with Crippen LogP contribution in [0, 0.1) is 30.2 Å². The zero-order chi connectivity index (χ0) is 14.0. The fraction of sp³-hybridized carbons (Fsp3) is 0.0769. The third-order valence-corrected chi connectivity index (χ3v) is 3.34. The maximum Gasteiger partial charge on any atom is 0.152 e. The Balaban J connectivity index is 2.19. The average molecular weight is 287 g/mol. The highest BCUT2D eigenvalue weighted by Gasteiger charge is 2.11. The molecule has 2 aromatic rings. The van der Waals surface area contributed by atoms with Crippen molar-refractivity contribution in [3.05, 3.63) is 59.2 Å². The van der Waals surface area contributed by atoms with Gasteiger partial charge in [0.1, 0.15) is 17.5 Å². The van der Waals surface area contributed by atoms with Crippen molar-refractivity contribution < 1.29 is 17.6 Å². The molecule has 0 aliphatic heterocycles. The van der Waals surface area contributed by atoms with Crippen LogP contribution in [-0.4, -0.2) is 0 Å². The smallest absolute Gasteiger partial charge is 0.152 e. The second kappa shape index (κ2) is 5.52. The molecule has 0 atom stereocenters. The van der Waals surface area contributed by atoms with Gasteiger partial charge in [-0.25, -0.2) is 17.6 Å². The summed E-state index contributed by atoms with van der Waals surface area (Å²) in [5, 5.41) is 0. The predicted octanol–water partition coefficient (Wildman–Crippen LogP) is 4.67. The molecule has 2 rings (SSSR count). The Kier molecular flexibility index (Phi) is 3.99. The Hall–Kier alpha value is -1.69. The van der Waals surface area contributed by atoms with E-state index in [0.717, 1.165) is 24.3 Å². The van der Waals surface area contributed by atoms with Gasteiger partial charge in [-0.2, -0.15) is 0 Å². The van der Waals surface area contributed by atoms with Crippen LogP contribution in [0.15, 0.2) is 35.2 Å². The third-order valence-electron chi connectivity index (χ3n) is 2.48. The van der Waals surface area contributed by atoms with Crippen molar-refractivity contribution in [3.63, 3.8) is 0 Å². The predicted molar refractivity (Wildman–Crippen MR) is 66.9 cm³/mol. The van der Waals surface area contributed by atoms with E-state index in [1.54, 1.807) is 0 Å². The Morgan fingerprint density at radius 3 is 2.37 bits per heavy atom. The van der Waals surface area contributed by atoms with Gasteiger partial charge >= 0.3 is 0 Å². The van der Waals surface area contributed by atoms with E-state index in [-0.39, 0.29) is 16.1 Å². The largest absolute Gasteiger partial charge is 0.323 e. The van der Waals surface area contributed by atoms with Crippen molar-refractivity contribution in [2.24, 2.45) is 0 Å². The molecule has 0 unspecified atom stereocenters. The molecular formula is C13H9F4NS. The lowest BCUT2D eigenvalue weighted by atomic mass is 10.2. The highest BCUT2D eigenvalue weighted by Crippen LogP contribution is 2.27. The van der Waals surface area contributed by atoms with E-state index in [0.29, 0.717) is 11.9 Å². The molecule has 100 valence electrons. The zero-order valence-electron chi connectivity index (χ0n) is 9.81. The van der Waals surface area contributed by atoms with Crippen LogP contribution in [0.1, 0.15) is 5.56 Å². The molecule has 0 radical (unpaired) electrons. The summed E-state index contributed by atoms with van der Waals surface area (Å²) in [5.41, 5.74) is -0.127. The van der Waals surface area contributed by atoms with Crippen LogP contribution in [0.5, 0.6) is 0 Å². The molecule has 0 amide bonds. The summed E-state index contributed by atoms with van der Waals surface area (Å²) in [5.74, 6) is -2.64. The fourth-order valence-electron chi connectivity index (χ4n) is 1.41. The Bertz CT molecular complexity index is 616. The summed E-state index contributed by atoms with van der Waals surface area (Å²) in [4.78, 5) is -0.0126. The number of anilines is 1. The minimum absolute atomic E-state index is 0.00700. The van der Waals surface area contributed by atoms with E-state index in [4.69, 9.17) is 0 Å². The van der Waals surface area contributed by atoms with Gasteiger partial charge in [0.25, 0.3) is 0 Å². The van der Waals surface area contributed by atoms with Crippen molar-refractivity contribution in [1.82, 2.24) is 0 Å². The summed E-state index contributed by atoms with van der Waals surface area (Å²) < 4.78 is 55.5. The second-order valence-corrected chi connectivity index (χ2v) is 4.66. The van der Waals surface area contributed by atoms with Gasteiger partial charge in [0.05, 0.1) is 10.6 Å². The standard InChI is InChI=1S/C13H9F4NS/c1-7-9(15)4-5-11(13(7)17)18-19-12-6-8(14)2-3-10(12)16/h2-6,18H,1H3. The van der Waals surface area contributed by atoms with Gasteiger partial charge in [0, 0.05) is 5.56 Å².